The molecule has 1 saturated heterocycles. The second-order valence-corrected chi connectivity index (χ2v) is 14.4. The van der Waals surface area contributed by atoms with Crippen LogP contribution in [0.15, 0.2) is 63.7 Å². The number of anilines is 1. The number of nitrogens with zero attached hydrogens (tertiary/aromatic N) is 1. The molecule has 0 saturated carbocycles. The zero-order chi connectivity index (χ0) is 25.8. The Bertz CT molecular complexity index is 1730. The van der Waals surface area contributed by atoms with E-state index in [0.29, 0.717) is 15.8 Å². The van der Waals surface area contributed by atoms with Crippen molar-refractivity contribution in [2.75, 3.05) is 17.7 Å². The maximum Gasteiger partial charge on any atom is 0.245 e. The average molecular weight is 585 g/mol. The van der Waals surface area contributed by atoms with E-state index >= 15 is 4.39 Å². The van der Waals surface area contributed by atoms with Crippen molar-refractivity contribution in [3.63, 3.8) is 0 Å². The first-order valence-electron chi connectivity index (χ1n) is 10.6. The topological polar surface area (TPSA) is 101 Å². The van der Waals surface area contributed by atoms with Crippen LogP contribution in [0.2, 0.25) is 4.34 Å². The maximum absolute atomic E-state index is 15.2. The Kier molecular flexibility index (Phi) is 6.46. The van der Waals surface area contributed by atoms with Gasteiger partial charge in [-0.15, -0.1) is 22.7 Å². The van der Waals surface area contributed by atoms with E-state index < -0.39 is 37.6 Å². The fourth-order valence-electron chi connectivity index (χ4n) is 4.20. The summed E-state index contributed by atoms with van der Waals surface area (Å²) in [5, 5.41) is 1.76. The highest BCUT2D eigenvalue weighted by Gasteiger charge is 2.38. The molecule has 1 fully saturated rings. The third-order valence-electron chi connectivity index (χ3n) is 5.82. The zero-order valence-corrected chi connectivity index (χ0v) is 22.6. The third kappa shape index (κ3) is 4.46. The van der Waals surface area contributed by atoms with Gasteiger partial charge in [-0.05, 0) is 41.6 Å². The molecule has 0 bridgehead atoms. The Morgan fingerprint density at radius 1 is 1.11 bits per heavy atom. The molecule has 5 rings (SSSR count). The van der Waals surface area contributed by atoms with Crippen LogP contribution in [0.25, 0.3) is 20.5 Å². The summed E-state index contributed by atoms with van der Waals surface area (Å²) in [6, 6.07) is 11.1. The monoisotopic (exact) mass is 584 g/mol. The van der Waals surface area contributed by atoms with E-state index in [4.69, 9.17) is 11.6 Å². The highest BCUT2D eigenvalue weighted by Crippen LogP contribution is 2.41. The molecule has 3 heterocycles. The summed E-state index contributed by atoms with van der Waals surface area (Å²) in [5.74, 6) is -1.32. The average Bonchev–Trinajstić information content (AvgIpc) is 3.48. The molecule has 1 N–H and O–H groups in total. The van der Waals surface area contributed by atoms with Crippen LogP contribution in [0.4, 0.5) is 10.1 Å². The molecule has 2 aromatic carbocycles. The van der Waals surface area contributed by atoms with Gasteiger partial charge in [0.05, 0.1) is 15.3 Å². The minimum atomic E-state index is -4.10. The number of carbonyl (C=O) groups excluding carboxylic acids is 1. The minimum Gasteiger partial charge on any atom is -0.308 e. The minimum absolute atomic E-state index is 0.0171. The van der Waals surface area contributed by atoms with Gasteiger partial charge in [0.2, 0.25) is 15.9 Å². The molecule has 188 valence electrons. The highest BCUT2D eigenvalue weighted by molar-refractivity contribution is 7.91. The molecular formula is C23H18ClFN2O5S4. The van der Waals surface area contributed by atoms with Gasteiger partial charge in [-0.3, -0.25) is 4.79 Å². The van der Waals surface area contributed by atoms with Crippen LogP contribution >= 0.6 is 34.3 Å². The van der Waals surface area contributed by atoms with Gasteiger partial charge in [-0.2, -0.15) is 4.72 Å². The number of benzene rings is 2. The maximum atomic E-state index is 15.2. The molecule has 0 spiro atoms. The molecule has 1 aliphatic rings. The van der Waals surface area contributed by atoms with Crippen molar-refractivity contribution in [3.05, 3.63) is 64.1 Å². The first-order chi connectivity index (χ1) is 17.0. The number of fused-ring (bicyclic) bond motifs is 1. The molecule has 13 heteroatoms. The highest BCUT2D eigenvalue weighted by atomic mass is 35.5. The number of hydrogen-bond acceptors (Lipinski definition) is 7. The van der Waals surface area contributed by atoms with E-state index in [1.165, 1.54) is 40.5 Å². The van der Waals surface area contributed by atoms with Crippen LogP contribution < -0.4 is 9.62 Å². The standard InChI is InChI=1S/C23H18ClFN2O5S4/c1-35(29,30)19-5-3-2-4-14(19)13-6-7-17(15(25)12-13)27-10-8-16(23(27)28)26-36(31,32)21-20-18(9-11-33-20)34-22(21)24/h2-7,9,11-12,16,26H,8,10H2,1H3/t16-/m0/s1. The summed E-state index contributed by atoms with van der Waals surface area (Å²) >= 11 is 8.58. The molecule has 1 atom stereocenters. The Morgan fingerprint density at radius 3 is 2.58 bits per heavy atom. The van der Waals surface area contributed by atoms with Gasteiger partial charge in [0.25, 0.3) is 0 Å². The Labute approximate surface area is 220 Å². The molecule has 1 amide bonds. The predicted molar refractivity (Wildman–Crippen MR) is 141 cm³/mol. The second kappa shape index (κ2) is 9.19. The summed E-state index contributed by atoms with van der Waals surface area (Å²) in [6.45, 7) is 0.105. The summed E-state index contributed by atoms with van der Waals surface area (Å²) in [6.07, 6.45) is 1.22. The smallest absolute Gasteiger partial charge is 0.245 e. The molecule has 0 radical (unpaired) electrons. The number of sulfone groups is 1. The normalized spacial score (nSPS) is 16.8. The molecule has 36 heavy (non-hydrogen) atoms. The number of carbonyl (C=O) groups is 1. The van der Waals surface area contributed by atoms with Gasteiger partial charge in [0.15, 0.2) is 9.84 Å². The van der Waals surface area contributed by atoms with Gasteiger partial charge in [-0.25, -0.2) is 21.2 Å². The van der Waals surface area contributed by atoms with Gasteiger partial charge in [0.1, 0.15) is 21.1 Å². The SMILES string of the molecule is CS(=O)(=O)c1ccccc1-c1ccc(N2CC[C@H](NS(=O)(=O)c3c(Cl)sc4ccsc34)C2=O)c(F)c1. The fraction of sp³-hybridized carbons (Fsp3) is 0.174. The van der Waals surface area contributed by atoms with E-state index in [2.05, 4.69) is 4.72 Å². The molecule has 2 aromatic heterocycles. The van der Waals surface area contributed by atoms with E-state index in [-0.39, 0.29) is 32.8 Å². The summed E-state index contributed by atoms with van der Waals surface area (Å²) < 4.78 is 69.4. The first-order valence-corrected chi connectivity index (χ1v) is 16.0. The lowest BCUT2D eigenvalue weighted by Crippen LogP contribution is -2.41. The summed E-state index contributed by atoms with van der Waals surface area (Å²) in [5.41, 5.74) is 0.668. The largest absolute Gasteiger partial charge is 0.308 e. The number of rotatable bonds is 6. The number of hydrogen-bond donors (Lipinski definition) is 1. The molecule has 7 nitrogen and oxygen atoms in total. The number of nitrogens with one attached hydrogen (secondary N) is 1. The Hall–Kier alpha value is -2.35. The van der Waals surface area contributed by atoms with E-state index in [0.717, 1.165) is 22.3 Å². The molecule has 4 aromatic rings. The fourth-order valence-corrected chi connectivity index (χ4v) is 9.96. The van der Waals surface area contributed by atoms with Crippen molar-refractivity contribution >= 4 is 75.1 Å². The number of amides is 1. The molecule has 0 unspecified atom stereocenters. The van der Waals surface area contributed by atoms with Gasteiger partial charge in [-0.1, -0.05) is 35.9 Å². The lowest BCUT2D eigenvalue weighted by Gasteiger charge is -2.19. The zero-order valence-electron chi connectivity index (χ0n) is 18.6. The van der Waals surface area contributed by atoms with Crippen molar-refractivity contribution in [1.82, 2.24) is 4.72 Å². The first kappa shape index (κ1) is 25.3. The van der Waals surface area contributed by atoms with Crippen molar-refractivity contribution in [1.29, 1.82) is 0 Å². The molecule has 1 aliphatic heterocycles. The van der Waals surface area contributed by atoms with E-state index in [1.54, 1.807) is 29.6 Å². The van der Waals surface area contributed by atoms with Crippen LogP contribution in [0.1, 0.15) is 6.42 Å². The Balaban J connectivity index is 1.41. The van der Waals surface area contributed by atoms with Crippen molar-refractivity contribution in [2.24, 2.45) is 0 Å². The van der Waals surface area contributed by atoms with Crippen molar-refractivity contribution in [3.8, 4) is 11.1 Å². The predicted octanol–water partition coefficient (Wildman–Crippen LogP) is 4.91. The second-order valence-electron chi connectivity index (χ2n) is 8.21. The van der Waals surface area contributed by atoms with Crippen LogP contribution in [-0.2, 0) is 24.7 Å². The third-order valence-corrected chi connectivity index (χ3v) is 11.3. The van der Waals surface area contributed by atoms with Crippen LogP contribution in [0.5, 0.6) is 0 Å². The quantitative estimate of drug-likeness (QED) is 0.347. The van der Waals surface area contributed by atoms with Crippen molar-refractivity contribution in [2.45, 2.75) is 22.3 Å². The molecule has 0 aliphatic carbocycles. The van der Waals surface area contributed by atoms with Crippen LogP contribution in [-0.4, -0.2) is 41.6 Å². The number of halogens is 2. The van der Waals surface area contributed by atoms with Crippen LogP contribution in [0.3, 0.4) is 0 Å². The summed E-state index contributed by atoms with van der Waals surface area (Å²) in [4.78, 5) is 14.3. The number of thiophene rings is 2. The lowest BCUT2D eigenvalue weighted by molar-refractivity contribution is -0.118. The molecular weight excluding hydrogens is 567 g/mol. The van der Waals surface area contributed by atoms with Crippen LogP contribution in [0, 0.1) is 5.82 Å². The van der Waals surface area contributed by atoms with Crippen molar-refractivity contribution < 1.29 is 26.0 Å². The van der Waals surface area contributed by atoms with Gasteiger partial charge in [0, 0.05) is 23.1 Å². The van der Waals surface area contributed by atoms with E-state index in [1.807, 2.05) is 0 Å². The summed E-state index contributed by atoms with van der Waals surface area (Å²) in [7, 11) is -7.64. The number of sulfonamides is 1. The van der Waals surface area contributed by atoms with E-state index in [9.17, 15) is 21.6 Å². The van der Waals surface area contributed by atoms with Gasteiger partial charge < -0.3 is 4.90 Å². The van der Waals surface area contributed by atoms with Gasteiger partial charge >= 0.3 is 0 Å². The lowest BCUT2D eigenvalue weighted by atomic mass is 10.0. The Morgan fingerprint density at radius 2 is 1.86 bits per heavy atom.